The number of nitrogens with one attached hydrogen (secondary N) is 1. The quantitative estimate of drug-likeness (QED) is 0.848. The van der Waals surface area contributed by atoms with Crippen LogP contribution in [0, 0.1) is 5.92 Å². The molecule has 1 aliphatic rings. The minimum atomic E-state index is 0.914. The lowest BCUT2D eigenvalue weighted by Crippen LogP contribution is -2.36. The molecule has 2 rings (SSSR count). The standard InChI is InChI=1S/C10H18N4S/c1-9-2-5-14(6-3-9)7-4-11-10-12-8-13-15-10/h8-9H,2-7H2,1H3,(H,11,12,13). The Hall–Kier alpha value is -0.680. The second-order valence-corrected chi connectivity index (χ2v) is 4.98. The summed E-state index contributed by atoms with van der Waals surface area (Å²) in [6.07, 6.45) is 4.28. The van der Waals surface area contributed by atoms with Gasteiger partial charge in [0.1, 0.15) is 6.33 Å². The fourth-order valence-corrected chi connectivity index (χ4v) is 2.31. The van der Waals surface area contributed by atoms with Gasteiger partial charge in [0.2, 0.25) is 5.13 Å². The van der Waals surface area contributed by atoms with Crippen LogP contribution in [0.15, 0.2) is 6.33 Å². The van der Waals surface area contributed by atoms with Gasteiger partial charge >= 0.3 is 0 Å². The van der Waals surface area contributed by atoms with E-state index in [2.05, 4.69) is 26.5 Å². The van der Waals surface area contributed by atoms with Gasteiger partial charge in [-0.05, 0) is 31.8 Å². The van der Waals surface area contributed by atoms with Crippen LogP contribution in [0.1, 0.15) is 19.8 Å². The van der Waals surface area contributed by atoms with Crippen molar-refractivity contribution in [2.24, 2.45) is 5.92 Å². The molecule has 5 heteroatoms. The molecule has 0 saturated carbocycles. The van der Waals surface area contributed by atoms with Crippen LogP contribution < -0.4 is 5.32 Å². The van der Waals surface area contributed by atoms with E-state index in [0.29, 0.717) is 0 Å². The summed E-state index contributed by atoms with van der Waals surface area (Å²) in [6.45, 7) is 6.94. The third kappa shape index (κ3) is 3.43. The van der Waals surface area contributed by atoms with E-state index in [-0.39, 0.29) is 0 Å². The van der Waals surface area contributed by atoms with Crippen molar-refractivity contribution in [3.05, 3.63) is 6.33 Å². The number of piperidine rings is 1. The Morgan fingerprint density at radius 3 is 3.00 bits per heavy atom. The molecule has 0 atom stereocenters. The zero-order valence-corrected chi connectivity index (χ0v) is 9.96. The SMILES string of the molecule is CC1CCN(CCNc2ncns2)CC1. The predicted octanol–water partition coefficient (Wildman–Crippen LogP) is 1.68. The van der Waals surface area contributed by atoms with Gasteiger partial charge in [-0.2, -0.15) is 4.37 Å². The third-order valence-electron chi connectivity index (χ3n) is 2.94. The lowest BCUT2D eigenvalue weighted by atomic mass is 9.99. The molecular weight excluding hydrogens is 208 g/mol. The van der Waals surface area contributed by atoms with Gasteiger partial charge in [0, 0.05) is 24.6 Å². The van der Waals surface area contributed by atoms with E-state index >= 15 is 0 Å². The van der Waals surface area contributed by atoms with Crippen molar-refractivity contribution in [1.82, 2.24) is 14.3 Å². The Morgan fingerprint density at radius 1 is 1.53 bits per heavy atom. The first kappa shape index (κ1) is 10.8. The lowest BCUT2D eigenvalue weighted by Gasteiger charge is -2.29. The maximum atomic E-state index is 4.09. The Morgan fingerprint density at radius 2 is 2.33 bits per heavy atom. The maximum Gasteiger partial charge on any atom is 0.202 e. The van der Waals surface area contributed by atoms with Gasteiger partial charge in [0.05, 0.1) is 0 Å². The molecule has 1 N–H and O–H groups in total. The van der Waals surface area contributed by atoms with E-state index in [1.165, 1.54) is 37.5 Å². The van der Waals surface area contributed by atoms with Gasteiger partial charge in [-0.1, -0.05) is 6.92 Å². The molecule has 4 nitrogen and oxygen atoms in total. The second kappa shape index (κ2) is 5.42. The number of hydrogen-bond donors (Lipinski definition) is 1. The molecule has 0 spiro atoms. The van der Waals surface area contributed by atoms with E-state index in [0.717, 1.165) is 24.1 Å². The minimum Gasteiger partial charge on any atom is -0.359 e. The highest BCUT2D eigenvalue weighted by atomic mass is 32.1. The zero-order valence-electron chi connectivity index (χ0n) is 9.15. The van der Waals surface area contributed by atoms with Crippen LogP contribution in [0.4, 0.5) is 5.13 Å². The van der Waals surface area contributed by atoms with Crippen LogP contribution in [0.2, 0.25) is 0 Å². The molecule has 84 valence electrons. The predicted molar refractivity (Wildman–Crippen MR) is 63.2 cm³/mol. The van der Waals surface area contributed by atoms with E-state index in [4.69, 9.17) is 0 Å². The van der Waals surface area contributed by atoms with Crippen molar-refractivity contribution >= 4 is 16.7 Å². The van der Waals surface area contributed by atoms with E-state index < -0.39 is 0 Å². The van der Waals surface area contributed by atoms with E-state index in [1.807, 2.05) is 0 Å². The fourth-order valence-electron chi connectivity index (χ4n) is 1.86. The molecule has 0 radical (unpaired) electrons. The van der Waals surface area contributed by atoms with Crippen LogP contribution >= 0.6 is 11.5 Å². The van der Waals surface area contributed by atoms with E-state index in [1.54, 1.807) is 6.33 Å². The van der Waals surface area contributed by atoms with Crippen molar-refractivity contribution < 1.29 is 0 Å². The molecule has 0 aromatic carbocycles. The molecule has 1 fully saturated rings. The molecular formula is C10H18N4S. The molecule has 0 bridgehead atoms. The monoisotopic (exact) mass is 226 g/mol. The minimum absolute atomic E-state index is 0.914. The summed E-state index contributed by atoms with van der Waals surface area (Å²) in [7, 11) is 0. The Kier molecular flexibility index (Phi) is 3.91. The van der Waals surface area contributed by atoms with Crippen LogP contribution in [0.25, 0.3) is 0 Å². The topological polar surface area (TPSA) is 41.0 Å². The Labute approximate surface area is 94.9 Å². The van der Waals surface area contributed by atoms with Crippen LogP contribution in [0.5, 0.6) is 0 Å². The molecule has 0 unspecified atom stereocenters. The summed E-state index contributed by atoms with van der Waals surface area (Å²) >= 11 is 1.42. The first-order valence-electron chi connectivity index (χ1n) is 5.57. The average molecular weight is 226 g/mol. The lowest BCUT2D eigenvalue weighted by molar-refractivity contribution is 0.199. The zero-order chi connectivity index (χ0) is 10.5. The van der Waals surface area contributed by atoms with Crippen LogP contribution in [0.3, 0.4) is 0 Å². The highest BCUT2D eigenvalue weighted by Crippen LogP contribution is 2.15. The van der Waals surface area contributed by atoms with Crippen LogP contribution in [-0.4, -0.2) is 40.4 Å². The van der Waals surface area contributed by atoms with Crippen molar-refractivity contribution in [3.8, 4) is 0 Å². The summed E-state index contributed by atoms with van der Waals surface area (Å²) in [5.41, 5.74) is 0. The molecule has 1 aliphatic heterocycles. The van der Waals surface area contributed by atoms with E-state index in [9.17, 15) is 0 Å². The highest BCUT2D eigenvalue weighted by Gasteiger charge is 2.14. The number of likely N-dealkylation sites (tertiary alicyclic amines) is 1. The molecule has 1 saturated heterocycles. The van der Waals surface area contributed by atoms with Gasteiger partial charge < -0.3 is 10.2 Å². The van der Waals surface area contributed by atoms with Crippen LogP contribution in [-0.2, 0) is 0 Å². The highest BCUT2D eigenvalue weighted by molar-refractivity contribution is 7.09. The van der Waals surface area contributed by atoms with Gasteiger partial charge in [0.25, 0.3) is 0 Å². The molecule has 0 amide bonds. The fraction of sp³-hybridized carbons (Fsp3) is 0.800. The van der Waals surface area contributed by atoms with Gasteiger partial charge in [-0.15, -0.1) is 0 Å². The van der Waals surface area contributed by atoms with Crippen molar-refractivity contribution in [2.75, 3.05) is 31.5 Å². The molecule has 1 aromatic rings. The normalized spacial score (nSPS) is 19.3. The Bertz CT molecular complexity index is 267. The average Bonchev–Trinajstić information content (AvgIpc) is 2.74. The summed E-state index contributed by atoms with van der Waals surface area (Å²) in [5.74, 6) is 0.914. The number of nitrogens with zero attached hydrogens (tertiary/aromatic N) is 3. The summed E-state index contributed by atoms with van der Waals surface area (Å²) in [5, 5.41) is 4.22. The molecule has 15 heavy (non-hydrogen) atoms. The first-order chi connectivity index (χ1) is 7.34. The molecule has 2 heterocycles. The first-order valence-corrected chi connectivity index (χ1v) is 6.35. The number of aromatic nitrogens is 2. The van der Waals surface area contributed by atoms with Gasteiger partial charge in [-0.3, -0.25) is 0 Å². The van der Waals surface area contributed by atoms with Crippen molar-refractivity contribution in [2.45, 2.75) is 19.8 Å². The number of rotatable bonds is 4. The third-order valence-corrected chi connectivity index (χ3v) is 3.56. The molecule has 1 aromatic heterocycles. The smallest absolute Gasteiger partial charge is 0.202 e. The summed E-state index contributed by atoms with van der Waals surface area (Å²) in [6, 6.07) is 0. The van der Waals surface area contributed by atoms with Crippen molar-refractivity contribution in [3.63, 3.8) is 0 Å². The Balaban J connectivity index is 1.62. The molecule has 0 aliphatic carbocycles. The van der Waals surface area contributed by atoms with Crippen molar-refractivity contribution in [1.29, 1.82) is 0 Å². The summed E-state index contributed by atoms with van der Waals surface area (Å²) < 4.78 is 3.95. The maximum absolute atomic E-state index is 4.09. The summed E-state index contributed by atoms with van der Waals surface area (Å²) in [4.78, 5) is 6.61. The number of hydrogen-bond acceptors (Lipinski definition) is 5. The second-order valence-electron chi connectivity index (χ2n) is 4.20. The van der Waals surface area contributed by atoms with Gasteiger partial charge in [-0.25, -0.2) is 4.98 Å². The van der Waals surface area contributed by atoms with Gasteiger partial charge in [0.15, 0.2) is 0 Å². The largest absolute Gasteiger partial charge is 0.359 e. The number of anilines is 1.